The number of hydrogen-bond donors (Lipinski definition) is 2. The normalized spacial score (nSPS) is 11.7. The number of thiophene rings is 1. The molecule has 0 aliphatic heterocycles. The summed E-state index contributed by atoms with van der Waals surface area (Å²) in [5.41, 5.74) is 3.33. The number of aryl methyl sites for hydroxylation is 1. The topological polar surface area (TPSA) is 41.1 Å². The summed E-state index contributed by atoms with van der Waals surface area (Å²) in [4.78, 5) is 13.7. The molecule has 0 bridgehead atoms. The Morgan fingerprint density at radius 2 is 1.76 bits per heavy atom. The molecule has 0 aliphatic rings. The molecule has 3 rings (SSSR count). The number of rotatable bonds is 7. The Morgan fingerprint density at radius 1 is 1.00 bits per heavy atom. The standard InChI is InChI=1S/C21H22N2OS/c1-2-16-9-6-7-12-18(16)22-15-20(24)23-21(19-13-8-14-25-19)17-10-4-3-5-11-17/h3-14,21-22H,2,15H2,1H3,(H,23,24)/t21-/m1/s1. The van der Waals surface area contributed by atoms with Crippen LogP contribution in [0.5, 0.6) is 0 Å². The van der Waals surface area contributed by atoms with Gasteiger partial charge in [0.1, 0.15) is 0 Å². The van der Waals surface area contributed by atoms with Crippen LogP contribution in [0.3, 0.4) is 0 Å². The molecule has 0 spiro atoms. The van der Waals surface area contributed by atoms with Crippen molar-refractivity contribution >= 4 is 22.9 Å². The lowest BCUT2D eigenvalue weighted by Crippen LogP contribution is -2.33. The predicted molar refractivity (Wildman–Crippen MR) is 105 cm³/mol. The third-order valence-corrected chi connectivity index (χ3v) is 5.04. The lowest BCUT2D eigenvalue weighted by atomic mass is 10.1. The SMILES string of the molecule is CCc1ccccc1NCC(=O)N[C@H](c1ccccc1)c1cccs1. The van der Waals surface area contributed by atoms with E-state index in [2.05, 4.69) is 29.7 Å². The number of amides is 1. The van der Waals surface area contributed by atoms with Crippen LogP contribution < -0.4 is 10.6 Å². The van der Waals surface area contributed by atoms with E-state index in [1.54, 1.807) is 11.3 Å². The molecular weight excluding hydrogens is 328 g/mol. The molecule has 3 nitrogen and oxygen atoms in total. The first-order valence-corrected chi connectivity index (χ1v) is 9.35. The van der Waals surface area contributed by atoms with Crippen molar-refractivity contribution in [3.05, 3.63) is 88.1 Å². The zero-order valence-corrected chi connectivity index (χ0v) is 15.1. The zero-order valence-electron chi connectivity index (χ0n) is 14.2. The van der Waals surface area contributed by atoms with Gasteiger partial charge in [-0.25, -0.2) is 0 Å². The van der Waals surface area contributed by atoms with Crippen LogP contribution in [0.1, 0.15) is 29.0 Å². The lowest BCUT2D eigenvalue weighted by molar-refractivity contribution is -0.119. The van der Waals surface area contributed by atoms with Crippen LogP contribution in [0.25, 0.3) is 0 Å². The van der Waals surface area contributed by atoms with Gasteiger partial charge in [0.25, 0.3) is 0 Å². The highest BCUT2D eigenvalue weighted by Gasteiger charge is 2.17. The van der Waals surface area contributed by atoms with E-state index in [-0.39, 0.29) is 18.5 Å². The predicted octanol–water partition coefficient (Wildman–Crippen LogP) is 4.63. The van der Waals surface area contributed by atoms with Crippen molar-refractivity contribution in [3.63, 3.8) is 0 Å². The minimum absolute atomic E-state index is 0.0202. The summed E-state index contributed by atoms with van der Waals surface area (Å²) in [5.74, 6) is -0.0202. The van der Waals surface area contributed by atoms with Crippen molar-refractivity contribution in [2.24, 2.45) is 0 Å². The molecule has 2 aromatic carbocycles. The van der Waals surface area contributed by atoms with E-state index in [4.69, 9.17) is 0 Å². The molecule has 0 radical (unpaired) electrons. The molecule has 0 saturated heterocycles. The maximum Gasteiger partial charge on any atom is 0.240 e. The lowest BCUT2D eigenvalue weighted by Gasteiger charge is -2.19. The molecular formula is C21H22N2OS. The van der Waals surface area contributed by atoms with Gasteiger partial charge in [-0.15, -0.1) is 11.3 Å². The number of benzene rings is 2. The number of carbonyl (C=O) groups excluding carboxylic acids is 1. The first kappa shape index (κ1) is 17.2. The van der Waals surface area contributed by atoms with Crippen molar-refractivity contribution < 1.29 is 4.79 Å². The third kappa shape index (κ3) is 4.48. The number of nitrogens with one attached hydrogen (secondary N) is 2. The molecule has 4 heteroatoms. The highest BCUT2D eigenvalue weighted by molar-refractivity contribution is 7.10. The van der Waals surface area contributed by atoms with Crippen molar-refractivity contribution in [2.45, 2.75) is 19.4 Å². The summed E-state index contributed by atoms with van der Waals surface area (Å²) < 4.78 is 0. The fraction of sp³-hybridized carbons (Fsp3) is 0.190. The average Bonchev–Trinajstić information content (AvgIpc) is 3.20. The summed E-state index contributed by atoms with van der Waals surface area (Å²) >= 11 is 1.65. The van der Waals surface area contributed by atoms with Crippen LogP contribution >= 0.6 is 11.3 Å². The van der Waals surface area contributed by atoms with E-state index in [1.807, 2.05) is 60.0 Å². The Balaban J connectivity index is 1.69. The Labute approximate surface area is 152 Å². The van der Waals surface area contributed by atoms with Crippen molar-refractivity contribution in [2.75, 3.05) is 11.9 Å². The van der Waals surface area contributed by atoms with Crippen molar-refractivity contribution in [1.82, 2.24) is 5.32 Å². The van der Waals surface area contributed by atoms with E-state index in [0.717, 1.165) is 22.5 Å². The molecule has 0 aliphatic carbocycles. The highest BCUT2D eigenvalue weighted by Crippen LogP contribution is 2.25. The van der Waals surface area contributed by atoms with Gasteiger partial charge in [0.2, 0.25) is 5.91 Å². The van der Waals surface area contributed by atoms with Crippen molar-refractivity contribution in [3.8, 4) is 0 Å². The molecule has 0 fully saturated rings. The van der Waals surface area contributed by atoms with E-state index in [1.165, 1.54) is 5.56 Å². The first-order valence-electron chi connectivity index (χ1n) is 8.47. The Kier molecular flexibility index (Phi) is 5.86. The summed E-state index contributed by atoms with van der Waals surface area (Å²) in [6.45, 7) is 2.37. The van der Waals surface area contributed by atoms with Gasteiger partial charge >= 0.3 is 0 Å². The van der Waals surface area contributed by atoms with Crippen LogP contribution in [0.15, 0.2) is 72.1 Å². The molecule has 25 heavy (non-hydrogen) atoms. The minimum Gasteiger partial charge on any atom is -0.376 e. The maximum absolute atomic E-state index is 12.5. The second kappa shape index (κ2) is 8.49. The Hall–Kier alpha value is -2.59. The molecule has 128 valence electrons. The Morgan fingerprint density at radius 3 is 2.48 bits per heavy atom. The van der Waals surface area contributed by atoms with Crippen LogP contribution in [-0.2, 0) is 11.2 Å². The largest absolute Gasteiger partial charge is 0.376 e. The summed E-state index contributed by atoms with van der Waals surface area (Å²) in [6, 6.07) is 22.1. The molecule has 2 N–H and O–H groups in total. The molecule has 0 saturated carbocycles. The molecule has 1 amide bonds. The van der Waals surface area contributed by atoms with Crippen molar-refractivity contribution in [1.29, 1.82) is 0 Å². The van der Waals surface area contributed by atoms with Gasteiger partial charge < -0.3 is 10.6 Å². The summed E-state index contributed by atoms with van der Waals surface area (Å²) in [7, 11) is 0. The smallest absolute Gasteiger partial charge is 0.240 e. The van der Waals surface area contributed by atoms with Gasteiger partial charge in [0.05, 0.1) is 12.6 Å². The van der Waals surface area contributed by atoms with Crippen LogP contribution in [-0.4, -0.2) is 12.5 Å². The van der Waals surface area contributed by atoms with Gasteiger partial charge in [-0.1, -0.05) is 61.5 Å². The summed E-state index contributed by atoms with van der Waals surface area (Å²) in [5, 5.41) is 8.44. The van der Waals surface area contributed by atoms with E-state index < -0.39 is 0 Å². The fourth-order valence-electron chi connectivity index (χ4n) is 2.81. The van der Waals surface area contributed by atoms with Gasteiger partial charge in [-0.3, -0.25) is 4.79 Å². The fourth-order valence-corrected chi connectivity index (χ4v) is 3.61. The van der Waals surface area contributed by atoms with E-state index in [9.17, 15) is 4.79 Å². The molecule has 0 unspecified atom stereocenters. The van der Waals surface area contributed by atoms with E-state index in [0.29, 0.717) is 0 Å². The quantitative estimate of drug-likeness (QED) is 0.652. The average molecular weight is 350 g/mol. The number of para-hydroxylation sites is 1. The second-order valence-corrected chi connectivity index (χ2v) is 6.77. The minimum atomic E-state index is -0.114. The number of anilines is 1. The molecule has 1 atom stereocenters. The first-order chi connectivity index (χ1) is 12.3. The second-order valence-electron chi connectivity index (χ2n) is 5.79. The maximum atomic E-state index is 12.5. The summed E-state index contributed by atoms with van der Waals surface area (Å²) in [6.07, 6.45) is 0.937. The molecule has 3 aromatic rings. The van der Waals surface area contributed by atoms with Gasteiger partial charge in [0, 0.05) is 10.6 Å². The monoisotopic (exact) mass is 350 g/mol. The van der Waals surface area contributed by atoms with Crippen LogP contribution in [0.4, 0.5) is 5.69 Å². The molecule has 1 aromatic heterocycles. The van der Waals surface area contributed by atoms with Gasteiger partial charge in [-0.2, -0.15) is 0 Å². The number of hydrogen-bond acceptors (Lipinski definition) is 3. The van der Waals surface area contributed by atoms with Gasteiger partial charge in [0.15, 0.2) is 0 Å². The molecule has 1 heterocycles. The third-order valence-electron chi connectivity index (χ3n) is 4.10. The number of carbonyl (C=O) groups is 1. The van der Waals surface area contributed by atoms with Gasteiger partial charge in [-0.05, 0) is 35.1 Å². The highest BCUT2D eigenvalue weighted by atomic mass is 32.1. The van der Waals surface area contributed by atoms with E-state index >= 15 is 0 Å². The Bertz CT molecular complexity index is 800. The zero-order chi connectivity index (χ0) is 17.5. The van der Waals surface area contributed by atoms with Crippen LogP contribution in [0, 0.1) is 0 Å². The van der Waals surface area contributed by atoms with Crippen LogP contribution in [0.2, 0.25) is 0 Å².